The van der Waals surface area contributed by atoms with E-state index in [1.54, 1.807) is 0 Å². The molecule has 2 aromatic rings. The zero-order chi connectivity index (χ0) is 20.8. The normalized spacial score (nSPS) is 31.2. The van der Waals surface area contributed by atoms with Crippen LogP contribution in [0.2, 0.25) is 0 Å². The quantitative estimate of drug-likeness (QED) is 0.618. The van der Waals surface area contributed by atoms with Crippen molar-refractivity contribution in [2.45, 2.75) is 63.5 Å². The first kappa shape index (κ1) is 20.5. The lowest BCUT2D eigenvalue weighted by molar-refractivity contribution is -0.368. The zero-order valence-corrected chi connectivity index (χ0v) is 16.7. The van der Waals surface area contributed by atoms with Crippen molar-refractivity contribution in [2.75, 3.05) is 6.61 Å². The summed E-state index contributed by atoms with van der Waals surface area (Å²) in [6.45, 7) is 3.89. The number of aliphatic hydroxyl groups excluding tert-OH is 4. The summed E-state index contributed by atoms with van der Waals surface area (Å²) < 4.78 is 11.7. The molecule has 156 valence electrons. The third kappa shape index (κ3) is 3.40. The molecule has 1 fully saturated rings. The van der Waals surface area contributed by atoms with Crippen molar-refractivity contribution in [1.82, 2.24) is 0 Å². The molecule has 6 heteroatoms. The molecule has 2 aromatic carbocycles. The predicted octanol–water partition coefficient (Wildman–Crippen LogP) is 1.31. The Labute approximate surface area is 170 Å². The highest BCUT2D eigenvalue weighted by molar-refractivity contribution is 5.45. The molecule has 6 nitrogen and oxygen atoms in total. The van der Waals surface area contributed by atoms with Gasteiger partial charge in [0.25, 0.3) is 0 Å². The van der Waals surface area contributed by atoms with Gasteiger partial charge in [0.2, 0.25) is 5.79 Å². The third-order valence-corrected chi connectivity index (χ3v) is 6.16. The standard InChI is InChI=1S/C23H28O6/c1-3-14-4-6-15(7-5-14)9-16-10-18-17(8-13(16)2)12-28-23(18)22(27)21(26)20(25)19(11-24)29-23/h4-8,10,19-22,24-27H,3,9,11-12H2,1-2H3/t19-,20-,21+,22-,23?/m1/s1. The second-order valence-electron chi connectivity index (χ2n) is 8.00. The van der Waals surface area contributed by atoms with Crippen molar-refractivity contribution in [2.24, 2.45) is 0 Å². The molecule has 2 heterocycles. The van der Waals surface area contributed by atoms with Gasteiger partial charge in [-0.05, 0) is 53.6 Å². The van der Waals surface area contributed by atoms with E-state index in [4.69, 9.17) is 9.47 Å². The van der Waals surface area contributed by atoms with Crippen LogP contribution in [0.1, 0.15) is 40.3 Å². The minimum atomic E-state index is -1.60. The van der Waals surface area contributed by atoms with Crippen molar-refractivity contribution in [1.29, 1.82) is 0 Å². The van der Waals surface area contributed by atoms with Gasteiger partial charge in [-0.1, -0.05) is 37.3 Å². The van der Waals surface area contributed by atoms with E-state index in [9.17, 15) is 20.4 Å². The summed E-state index contributed by atoms with van der Waals surface area (Å²) >= 11 is 0. The first-order valence-corrected chi connectivity index (χ1v) is 10.1. The Morgan fingerprint density at radius 2 is 1.72 bits per heavy atom. The van der Waals surface area contributed by atoms with Crippen LogP contribution < -0.4 is 0 Å². The Bertz CT molecular complexity index is 878. The van der Waals surface area contributed by atoms with Crippen LogP contribution in [0.25, 0.3) is 0 Å². The summed E-state index contributed by atoms with van der Waals surface area (Å²) in [6.07, 6.45) is -3.70. The van der Waals surface area contributed by atoms with E-state index < -0.39 is 36.8 Å². The van der Waals surface area contributed by atoms with Crippen LogP contribution in [0.4, 0.5) is 0 Å². The molecule has 5 atom stereocenters. The number of aryl methyl sites for hydroxylation is 2. The van der Waals surface area contributed by atoms with Crippen LogP contribution in [-0.2, 0) is 34.7 Å². The molecule has 0 aliphatic carbocycles. The van der Waals surface area contributed by atoms with Crippen LogP contribution in [0, 0.1) is 6.92 Å². The number of fused-ring (bicyclic) bond motifs is 2. The van der Waals surface area contributed by atoms with Gasteiger partial charge in [-0.15, -0.1) is 0 Å². The van der Waals surface area contributed by atoms with Crippen molar-refractivity contribution in [3.05, 3.63) is 69.8 Å². The lowest BCUT2D eigenvalue weighted by Gasteiger charge is -2.46. The second-order valence-corrected chi connectivity index (χ2v) is 8.00. The van der Waals surface area contributed by atoms with E-state index in [0.717, 1.165) is 23.1 Å². The Hall–Kier alpha value is -1.80. The fraction of sp³-hybridized carbons (Fsp3) is 0.478. The van der Waals surface area contributed by atoms with Gasteiger partial charge in [-0.3, -0.25) is 0 Å². The summed E-state index contributed by atoms with van der Waals surface area (Å²) in [5.41, 5.74) is 6.13. The smallest absolute Gasteiger partial charge is 0.225 e. The summed E-state index contributed by atoms with van der Waals surface area (Å²) in [5.74, 6) is -1.60. The molecule has 2 aliphatic rings. The second kappa shape index (κ2) is 7.80. The van der Waals surface area contributed by atoms with Gasteiger partial charge in [-0.2, -0.15) is 0 Å². The molecule has 4 rings (SSSR count). The van der Waals surface area contributed by atoms with Crippen molar-refractivity contribution < 1.29 is 29.9 Å². The van der Waals surface area contributed by atoms with E-state index >= 15 is 0 Å². The van der Waals surface area contributed by atoms with E-state index in [0.29, 0.717) is 12.0 Å². The molecular weight excluding hydrogens is 372 g/mol. The van der Waals surface area contributed by atoms with Crippen LogP contribution in [-0.4, -0.2) is 51.4 Å². The van der Waals surface area contributed by atoms with E-state index in [-0.39, 0.29) is 6.61 Å². The first-order chi connectivity index (χ1) is 13.9. The highest BCUT2D eigenvalue weighted by Crippen LogP contribution is 2.46. The van der Waals surface area contributed by atoms with Gasteiger partial charge >= 0.3 is 0 Å². The molecule has 0 bridgehead atoms. The molecule has 0 aromatic heterocycles. The number of rotatable bonds is 4. The van der Waals surface area contributed by atoms with Crippen LogP contribution in [0.5, 0.6) is 0 Å². The molecule has 1 saturated heterocycles. The summed E-state index contributed by atoms with van der Waals surface area (Å²) in [6, 6.07) is 12.5. The molecular formula is C23H28O6. The highest BCUT2D eigenvalue weighted by Gasteiger charge is 2.58. The summed E-state index contributed by atoms with van der Waals surface area (Å²) in [7, 11) is 0. The average Bonchev–Trinajstić information content (AvgIpc) is 3.08. The van der Waals surface area contributed by atoms with E-state index in [1.165, 1.54) is 11.1 Å². The number of aliphatic hydroxyl groups is 4. The number of ether oxygens (including phenoxy) is 2. The van der Waals surface area contributed by atoms with Gasteiger partial charge in [0.1, 0.15) is 24.4 Å². The van der Waals surface area contributed by atoms with Crippen LogP contribution in [0.15, 0.2) is 36.4 Å². The molecule has 2 aliphatic heterocycles. The van der Waals surface area contributed by atoms with E-state index in [1.807, 2.05) is 19.1 Å². The molecule has 0 radical (unpaired) electrons. The number of hydrogen-bond acceptors (Lipinski definition) is 6. The Kier molecular flexibility index (Phi) is 5.50. The average molecular weight is 400 g/mol. The third-order valence-electron chi connectivity index (χ3n) is 6.16. The number of benzene rings is 2. The molecule has 4 N–H and O–H groups in total. The maximum atomic E-state index is 10.7. The monoisotopic (exact) mass is 400 g/mol. The van der Waals surface area contributed by atoms with Gasteiger partial charge in [0, 0.05) is 5.56 Å². The lowest BCUT2D eigenvalue weighted by Crippen LogP contribution is -2.63. The Morgan fingerprint density at radius 3 is 2.38 bits per heavy atom. The van der Waals surface area contributed by atoms with Crippen LogP contribution in [0.3, 0.4) is 0 Å². The predicted molar refractivity (Wildman–Crippen MR) is 106 cm³/mol. The lowest BCUT2D eigenvalue weighted by atomic mass is 9.85. The Morgan fingerprint density at radius 1 is 1.03 bits per heavy atom. The minimum absolute atomic E-state index is 0.222. The minimum Gasteiger partial charge on any atom is -0.394 e. The maximum absolute atomic E-state index is 10.7. The molecule has 1 spiro atoms. The van der Waals surface area contributed by atoms with Crippen molar-refractivity contribution in [3.63, 3.8) is 0 Å². The van der Waals surface area contributed by atoms with Crippen LogP contribution >= 0.6 is 0 Å². The van der Waals surface area contributed by atoms with E-state index in [2.05, 4.69) is 31.2 Å². The molecule has 0 amide bonds. The Balaban J connectivity index is 1.71. The van der Waals surface area contributed by atoms with Gasteiger partial charge < -0.3 is 29.9 Å². The summed E-state index contributed by atoms with van der Waals surface area (Å²) in [5, 5.41) is 40.7. The fourth-order valence-corrected chi connectivity index (χ4v) is 4.31. The zero-order valence-electron chi connectivity index (χ0n) is 16.7. The van der Waals surface area contributed by atoms with Crippen molar-refractivity contribution in [3.8, 4) is 0 Å². The maximum Gasteiger partial charge on any atom is 0.225 e. The highest BCUT2D eigenvalue weighted by atomic mass is 16.7. The SMILES string of the molecule is CCc1ccc(Cc2cc3c(cc2C)COC32O[C@H](CO)[C@@H](O)[C@H](O)[C@H]2O)cc1. The summed E-state index contributed by atoms with van der Waals surface area (Å²) in [4.78, 5) is 0. The molecule has 1 unspecified atom stereocenters. The fourth-order valence-electron chi connectivity index (χ4n) is 4.31. The molecule has 29 heavy (non-hydrogen) atoms. The first-order valence-electron chi connectivity index (χ1n) is 10.1. The van der Waals surface area contributed by atoms with Crippen molar-refractivity contribution >= 4 is 0 Å². The largest absolute Gasteiger partial charge is 0.394 e. The molecule has 0 saturated carbocycles. The number of hydrogen-bond donors (Lipinski definition) is 4. The van der Waals surface area contributed by atoms with Gasteiger partial charge in [0.15, 0.2) is 0 Å². The van der Waals surface area contributed by atoms with Gasteiger partial charge in [0.05, 0.1) is 13.2 Å². The topological polar surface area (TPSA) is 99.4 Å². The van der Waals surface area contributed by atoms with Gasteiger partial charge in [-0.25, -0.2) is 0 Å².